The zero-order valence-electron chi connectivity index (χ0n) is 13.9. The highest BCUT2D eigenvalue weighted by Crippen LogP contribution is 2.38. The Bertz CT molecular complexity index is 818. The first-order chi connectivity index (χ1) is 12.1. The maximum atomic E-state index is 12.1. The molecule has 0 unspecified atom stereocenters. The summed E-state index contributed by atoms with van der Waals surface area (Å²) >= 11 is 0. The van der Waals surface area contributed by atoms with E-state index in [0.717, 1.165) is 36.8 Å². The van der Waals surface area contributed by atoms with E-state index in [1.165, 1.54) is 6.20 Å². The number of aromatic amines is 1. The second kappa shape index (κ2) is 6.03. The molecule has 2 aromatic heterocycles. The van der Waals surface area contributed by atoms with Gasteiger partial charge in [-0.3, -0.25) is 9.59 Å². The lowest BCUT2D eigenvalue weighted by Crippen LogP contribution is -2.51. The van der Waals surface area contributed by atoms with E-state index in [1.807, 2.05) is 11.0 Å². The van der Waals surface area contributed by atoms with Crippen molar-refractivity contribution in [2.45, 2.75) is 43.8 Å². The Kier molecular flexibility index (Phi) is 3.84. The third-order valence-electron chi connectivity index (χ3n) is 5.40. The van der Waals surface area contributed by atoms with Gasteiger partial charge in [-0.05, 0) is 31.7 Å². The van der Waals surface area contributed by atoms with Gasteiger partial charge in [0.1, 0.15) is 5.65 Å². The maximum absolute atomic E-state index is 12.1. The first-order valence-electron chi connectivity index (χ1n) is 8.62. The molecule has 2 aromatic rings. The maximum Gasteiger partial charge on any atom is 0.252 e. The van der Waals surface area contributed by atoms with Gasteiger partial charge in [0, 0.05) is 35.9 Å². The molecule has 0 saturated carbocycles. The minimum Gasteiger partial charge on any atom is -0.381 e. The Morgan fingerprint density at radius 2 is 2.04 bits per heavy atom. The van der Waals surface area contributed by atoms with Crippen LogP contribution in [-0.2, 0) is 4.79 Å². The lowest BCUT2D eigenvalue weighted by Gasteiger charge is -2.39. The topological polar surface area (TPSA) is 130 Å². The number of anilines is 1. The first-order valence-corrected chi connectivity index (χ1v) is 8.62. The van der Waals surface area contributed by atoms with Crippen LogP contribution in [0.1, 0.15) is 36.0 Å². The van der Waals surface area contributed by atoms with Crippen LogP contribution in [0.4, 0.5) is 5.69 Å². The van der Waals surface area contributed by atoms with Crippen molar-refractivity contribution in [2.75, 3.05) is 11.9 Å². The van der Waals surface area contributed by atoms with Crippen molar-refractivity contribution in [3.05, 3.63) is 24.0 Å². The van der Waals surface area contributed by atoms with Gasteiger partial charge >= 0.3 is 0 Å². The monoisotopic (exact) mass is 342 g/mol. The summed E-state index contributed by atoms with van der Waals surface area (Å²) in [5.41, 5.74) is 12.9. The van der Waals surface area contributed by atoms with Gasteiger partial charge in [-0.2, -0.15) is 0 Å². The van der Waals surface area contributed by atoms with E-state index in [2.05, 4.69) is 15.3 Å². The van der Waals surface area contributed by atoms with E-state index >= 15 is 0 Å². The van der Waals surface area contributed by atoms with Crippen LogP contribution in [0.25, 0.3) is 11.0 Å². The fourth-order valence-corrected chi connectivity index (χ4v) is 4.36. The van der Waals surface area contributed by atoms with Crippen LogP contribution in [0.15, 0.2) is 18.5 Å². The number of hydrogen-bond donors (Lipinski definition) is 4. The van der Waals surface area contributed by atoms with Crippen molar-refractivity contribution in [1.29, 1.82) is 0 Å². The largest absolute Gasteiger partial charge is 0.381 e. The fraction of sp³-hybridized carbons (Fsp3) is 0.471. The lowest BCUT2D eigenvalue weighted by atomic mass is 9.96. The molecule has 4 heterocycles. The number of nitrogens with one attached hydrogen (secondary N) is 2. The van der Waals surface area contributed by atoms with E-state index in [1.54, 1.807) is 6.20 Å². The van der Waals surface area contributed by atoms with Gasteiger partial charge in [-0.1, -0.05) is 0 Å². The number of piperidine rings is 1. The van der Waals surface area contributed by atoms with Crippen molar-refractivity contribution < 1.29 is 9.59 Å². The minimum absolute atomic E-state index is 0.0284. The Balaban J connectivity index is 1.61. The Labute approximate surface area is 144 Å². The van der Waals surface area contributed by atoms with Crippen LogP contribution in [0.2, 0.25) is 0 Å². The fourth-order valence-electron chi connectivity index (χ4n) is 4.36. The predicted molar refractivity (Wildman–Crippen MR) is 94.0 cm³/mol. The lowest BCUT2D eigenvalue weighted by molar-refractivity contribution is -0.134. The number of nitrogens with two attached hydrogens (primary N) is 2. The average molecular weight is 342 g/mol. The normalized spacial score (nSPS) is 25.3. The molecule has 8 nitrogen and oxygen atoms in total. The number of carbonyl (C=O) groups excluding carboxylic acids is 2. The van der Waals surface area contributed by atoms with E-state index in [-0.39, 0.29) is 30.6 Å². The standard InChI is InChI=1S/C17H22N6O2/c18-7-14(24)23-10-1-2-11(23)6-9(5-10)22-15-12-3-4-20-17(12)21-8-13(15)16(19)25/h3-4,8-11H,1-2,5-7,18H2,(H2,19,25)(H2,20,21,22)/t9-,10-,11+. The summed E-state index contributed by atoms with van der Waals surface area (Å²) in [5.74, 6) is -0.475. The quantitative estimate of drug-likeness (QED) is 0.645. The number of hydrogen-bond acceptors (Lipinski definition) is 5. The molecule has 0 aromatic carbocycles. The molecule has 2 aliphatic heterocycles. The average Bonchev–Trinajstić information content (AvgIpc) is 3.17. The summed E-state index contributed by atoms with van der Waals surface area (Å²) < 4.78 is 0. The van der Waals surface area contributed by atoms with Crippen LogP contribution >= 0.6 is 0 Å². The van der Waals surface area contributed by atoms with E-state index in [4.69, 9.17) is 11.5 Å². The van der Waals surface area contributed by atoms with Crippen molar-refractivity contribution in [3.8, 4) is 0 Å². The van der Waals surface area contributed by atoms with Gasteiger partial charge in [-0.25, -0.2) is 4.98 Å². The van der Waals surface area contributed by atoms with Crippen LogP contribution in [0.3, 0.4) is 0 Å². The van der Waals surface area contributed by atoms with Gasteiger partial charge in [0.05, 0.1) is 17.8 Å². The van der Waals surface area contributed by atoms with Crippen molar-refractivity contribution in [2.24, 2.45) is 11.5 Å². The number of pyridine rings is 1. The summed E-state index contributed by atoms with van der Waals surface area (Å²) in [6, 6.07) is 2.50. The molecule has 2 amide bonds. The highest BCUT2D eigenvalue weighted by atomic mass is 16.2. The summed E-state index contributed by atoms with van der Waals surface area (Å²) in [5, 5.41) is 4.36. The number of rotatable bonds is 4. The van der Waals surface area contributed by atoms with Crippen LogP contribution < -0.4 is 16.8 Å². The molecule has 0 spiro atoms. The molecule has 4 rings (SSSR count). The van der Waals surface area contributed by atoms with Gasteiger partial charge < -0.3 is 26.7 Å². The molecule has 2 aliphatic rings. The molecule has 8 heteroatoms. The number of H-pyrrole nitrogens is 1. The van der Waals surface area contributed by atoms with Gasteiger partial charge in [0.25, 0.3) is 5.91 Å². The predicted octanol–water partition coefficient (Wildman–Crippen LogP) is 0.554. The molecule has 6 N–H and O–H groups in total. The summed E-state index contributed by atoms with van der Waals surface area (Å²) in [7, 11) is 0. The zero-order chi connectivity index (χ0) is 17.6. The third-order valence-corrected chi connectivity index (χ3v) is 5.40. The van der Waals surface area contributed by atoms with Gasteiger partial charge in [0.15, 0.2) is 0 Å². The van der Waals surface area contributed by atoms with Crippen molar-refractivity contribution >= 4 is 28.5 Å². The van der Waals surface area contributed by atoms with E-state index in [9.17, 15) is 9.59 Å². The third kappa shape index (κ3) is 2.62. The number of aromatic nitrogens is 2. The Hall–Kier alpha value is -2.61. The van der Waals surface area contributed by atoms with Crippen LogP contribution in [0.5, 0.6) is 0 Å². The molecule has 0 aliphatic carbocycles. The summed E-state index contributed by atoms with van der Waals surface area (Å²) in [6.45, 7) is 0.0608. The minimum atomic E-state index is -0.503. The molecule has 2 saturated heterocycles. The molecular formula is C17H22N6O2. The summed E-state index contributed by atoms with van der Waals surface area (Å²) in [6.07, 6.45) is 6.99. The SMILES string of the molecule is NCC(=O)N1[C@@H]2CC[C@H]1C[C@H](Nc1c(C(N)=O)cnc3[nH]ccc13)C2. The molecule has 3 atom stereocenters. The first kappa shape index (κ1) is 15.9. The molecule has 132 valence electrons. The summed E-state index contributed by atoms with van der Waals surface area (Å²) in [4.78, 5) is 33.2. The van der Waals surface area contributed by atoms with Gasteiger partial charge in [-0.15, -0.1) is 0 Å². The number of fused-ring (bicyclic) bond motifs is 3. The van der Waals surface area contributed by atoms with E-state index in [0.29, 0.717) is 11.2 Å². The highest BCUT2D eigenvalue weighted by Gasteiger charge is 2.42. The molecule has 25 heavy (non-hydrogen) atoms. The number of amides is 2. The second-order valence-corrected chi connectivity index (χ2v) is 6.85. The highest BCUT2D eigenvalue weighted by molar-refractivity contribution is 6.06. The van der Waals surface area contributed by atoms with Crippen LogP contribution in [-0.4, -0.2) is 51.4 Å². The number of carbonyl (C=O) groups is 2. The molecule has 0 radical (unpaired) electrons. The van der Waals surface area contributed by atoms with Crippen LogP contribution in [0, 0.1) is 0 Å². The second-order valence-electron chi connectivity index (χ2n) is 6.85. The van der Waals surface area contributed by atoms with Gasteiger partial charge in [0.2, 0.25) is 5.91 Å². The number of primary amides is 1. The molecular weight excluding hydrogens is 320 g/mol. The Morgan fingerprint density at radius 3 is 2.68 bits per heavy atom. The smallest absolute Gasteiger partial charge is 0.252 e. The zero-order valence-corrected chi connectivity index (χ0v) is 13.9. The Morgan fingerprint density at radius 1 is 1.32 bits per heavy atom. The van der Waals surface area contributed by atoms with Crippen molar-refractivity contribution in [1.82, 2.24) is 14.9 Å². The molecule has 2 bridgehead atoms. The van der Waals surface area contributed by atoms with E-state index < -0.39 is 5.91 Å². The molecule has 2 fully saturated rings. The van der Waals surface area contributed by atoms with Crippen molar-refractivity contribution in [3.63, 3.8) is 0 Å². The number of nitrogens with zero attached hydrogens (tertiary/aromatic N) is 2.